The molecule has 1 aromatic carbocycles. The largest absolute Gasteiger partial charge is 0.352 e. The Kier molecular flexibility index (Phi) is 5.38. The summed E-state index contributed by atoms with van der Waals surface area (Å²) in [6.45, 7) is 3.76. The maximum absolute atomic E-state index is 12.5. The molecule has 3 rings (SSSR count). The van der Waals surface area contributed by atoms with E-state index in [9.17, 15) is 9.59 Å². The molecule has 0 atom stereocenters. The Morgan fingerprint density at radius 1 is 1.32 bits per heavy atom. The monoisotopic (exact) mass is 360 g/mol. The number of hydrogen-bond donors (Lipinski definition) is 1. The maximum atomic E-state index is 12.5. The van der Waals surface area contributed by atoms with Crippen LogP contribution >= 0.6 is 11.6 Å². The van der Waals surface area contributed by atoms with Gasteiger partial charge in [-0.15, -0.1) is 0 Å². The van der Waals surface area contributed by atoms with E-state index in [0.717, 1.165) is 25.1 Å². The number of nitrogens with one attached hydrogen (secondary N) is 1. The average molecular weight is 361 g/mol. The molecule has 1 saturated heterocycles. The van der Waals surface area contributed by atoms with Gasteiger partial charge in [-0.05, 0) is 31.9 Å². The highest BCUT2D eigenvalue weighted by molar-refractivity contribution is 6.33. The minimum Gasteiger partial charge on any atom is -0.352 e. The number of aromatic nitrogens is 2. The fourth-order valence-corrected chi connectivity index (χ4v) is 3.36. The number of likely N-dealkylation sites (tertiary alicyclic amines) is 1. The van der Waals surface area contributed by atoms with Crippen LogP contribution in [-0.4, -0.2) is 46.1 Å². The van der Waals surface area contributed by atoms with E-state index < -0.39 is 0 Å². The van der Waals surface area contributed by atoms with Crippen molar-refractivity contribution in [1.82, 2.24) is 20.0 Å². The Hall–Kier alpha value is -2.34. The molecule has 2 heterocycles. The third-order valence-electron chi connectivity index (χ3n) is 4.29. The number of nitrogens with zero attached hydrogens (tertiary/aromatic N) is 3. The molecule has 1 aliphatic heterocycles. The minimum absolute atomic E-state index is 0.203. The number of halogens is 1. The van der Waals surface area contributed by atoms with Gasteiger partial charge >= 0.3 is 0 Å². The highest BCUT2D eigenvalue weighted by atomic mass is 35.5. The van der Waals surface area contributed by atoms with Crippen LogP contribution in [0.15, 0.2) is 30.3 Å². The Bertz CT molecular complexity index is 773. The second kappa shape index (κ2) is 7.70. The molecule has 1 aromatic heterocycles. The van der Waals surface area contributed by atoms with Gasteiger partial charge in [0.1, 0.15) is 5.15 Å². The highest BCUT2D eigenvalue weighted by Gasteiger charge is 2.22. The second-order valence-corrected chi connectivity index (χ2v) is 6.45. The average Bonchev–Trinajstić information content (AvgIpc) is 3.15. The second-order valence-electron chi connectivity index (χ2n) is 6.09. The molecule has 0 bridgehead atoms. The molecule has 7 heteroatoms. The molecule has 0 radical (unpaired) electrons. The van der Waals surface area contributed by atoms with E-state index in [0.29, 0.717) is 35.9 Å². The van der Waals surface area contributed by atoms with Gasteiger partial charge in [-0.25, -0.2) is 4.68 Å². The number of rotatable bonds is 6. The summed E-state index contributed by atoms with van der Waals surface area (Å²) in [7, 11) is 0. The molecule has 6 nitrogen and oxygen atoms in total. The van der Waals surface area contributed by atoms with Crippen molar-refractivity contribution < 1.29 is 9.59 Å². The van der Waals surface area contributed by atoms with Crippen LogP contribution < -0.4 is 5.32 Å². The Balaban J connectivity index is 1.60. The summed E-state index contributed by atoms with van der Waals surface area (Å²) in [5.74, 6) is -0.0354. The topological polar surface area (TPSA) is 67.2 Å². The van der Waals surface area contributed by atoms with Gasteiger partial charge in [0.25, 0.3) is 5.91 Å². The van der Waals surface area contributed by atoms with Crippen molar-refractivity contribution in [2.24, 2.45) is 0 Å². The molecule has 0 spiro atoms. The number of benzene rings is 1. The van der Waals surface area contributed by atoms with Gasteiger partial charge in [0.2, 0.25) is 5.91 Å². The van der Waals surface area contributed by atoms with E-state index in [1.54, 1.807) is 11.6 Å². The number of carbonyl (C=O) groups is 2. The van der Waals surface area contributed by atoms with Crippen molar-refractivity contribution >= 4 is 23.4 Å². The number of para-hydroxylation sites is 1. The van der Waals surface area contributed by atoms with Crippen molar-refractivity contribution in [2.45, 2.75) is 26.2 Å². The molecule has 25 heavy (non-hydrogen) atoms. The smallest absolute Gasteiger partial charge is 0.256 e. The summed E-state index contributed by atoms with van der Waals surface area (Å²) in [6, 6.07) is 9.46. The molecule has 2 aromatic rings. The van der Waals surface area contributed by atoms with Crippen molar-refractivity contribution in [2.75, 3.05) is 19.6 Å². The minimum atomic E-state index is -0.238. The fraction of sp³-hybridized carbons (Fsp3) is 0.389. The summed E-state index contributed by atoms with van der Waals surface area (Å²) in [6.07, 6.45) is 2.29. The standard InChI is InChI=1S/C18H21ClN4O2/c1-13-16(17(19)23(21-13)14-7-3-2-4-8-14)18(25)20-10-6-12-22-11-5-9-15(22)24/h2-4,7-8H,5-6,9-12H2,1H3,(H,20,25). The third-order valence-corrected chi connectivity index (χ3v) is 4.64. The van der Waals surface area contributed by atoms with Gasteiger partial charge in [-0.2, -0.15) is 5.10 Å². The Labute approximate surface area is 151 Å². The molecule has 0 unspecified atom stereocenters. The zero-order valence-corrected chi connectivity index (χ0v) is 14.9. The molecule has 1 fully saturated rings. The van der Waals surface area contributed by atoms with Gasteiger partial charge in [-0.3, -0.25) is 9.59 Å². The van der Waals surface area contributed by atoms with Crippen LogP contribution in [0.5, 0.6) is 0 Å². The Morgan fingerprint density at radius 2 is 2.08 bits per heavy atom. The van der Waals surface area contributed by atoms with Crippen LogP contribution in [-0.2, 0) is 4.79 Å². The molecule has 132 valence electrons. The molecule has 1 aliphatic rings. The van der Waals surface area contributed by atoms with Gasteiger partial charge in [-0.1, -0.05) is 29.8 Å². The van der Waals surface area contributed by atoms with Crippen molar-refractivity contribution in [3.8, 4) is 5.69 Å². The van der Waals surface area contributed by atoms with E-state index in [2.05, 4.69) is 10.4 Å². The molecule has 1 N–H and O–H groups in total. The van der Waals surface area contributed by atoms with Gasteiger partial charge in [0.15, 0.2) is 0 Å². The van der Waals surface area contributed by atoms with Crippen LogP contribution in [0.25, 0.3) is 5.69 Å². The van der Waals surface area contributed by atoms with Crippen LogP contribution in [0.2, 0.25) is 5.15 Å². The lowest BCUT2D eigenvalue weighted by atomic mass is 10.2. The Morgan fingerprint density at radius 3 is 2.76 bits per heavy atom. The molecule has 2 amide bonds. The molecule has 0 saturated carbocycles. The van der Waals surface area contributed by atoms with Gasteiger partial charge < -0.3 is 10.2 Å². The zero-order valence-electron chi connectivity index (χ0n) is 14.2. The number of hydrogen-bond acceptors (Lipinski definition) is 3. The first-order valence-corrected chi connectivity index (χ1v) is 8.82. The van der Waals surface area contributed by atoms with E-state index >= 15 is 0 Å². The normalized spacial score (nSPS) is 14.2. The summed E-state index contributed by atoms with van der Waals surface area (Å²) in [5.41, 5.74) is 1.78. The van der Waals surface area contributed by atoms with Crippen LogP contribution in [0.3, 0.4) is 0 Å². The summed E-state index contributed by atoms with van der Waals surface area (Å²) in [5, 5.41) is 7.54. The maximum Gasteiger partial charge on any atom is 0.256 e. The van der Waals surface area contributed by atoms with E-state index in [4.69, 9.17) is 11.6 Å². The quantitative estimate of drug-likeness (QED) is 0.805. The first-order chi connectivity index (χ1) is 12.1. The number of aryl methyl sites for hydroxylation is 1. The van der Waals surface area contributed by atoms with Gasteiger partial charge in [0.05, 0.1) is 16.9 Å². The highest BCUT2D eigenvalue weighted by Crippen LogP contribution is 2.23. The summed E-state index contributed by atoms with van der Waals surface area (Å²) < 4.78 is 1.56. The molecular weight excluding hydrogens is 340 g/mol. The van der Waals surface area contributed by atoms with E-state index in [1.165, 1.54) is 0 Å². The van der Waals surface area contributed by atoms with Crippen LogP contribution in [0.4, 0.5) is 0 Å². The number of amides is 2. The van der Waals surface area contributed by atoms with E-state index in [-0.39, 0.29) is 11.8 Å². The lowest BCUT2D eigenvalue weighted by Gasteiger charge is -2.15. The fourth-order valence-electron chi connectivity index (χ4n) is 3.00. The van der Waals surface area contributed by atoms with Crippen molar-refractivity contribution in [1.29, 1.82) is 0 Å². The lowest BCUT2D eigenvalue weighted by molar-refractivity contribution is -0.127. The molecular formula is C18H21ClN4O2. The summed E-state index contributed by atoms with van der Waals surface area (Å²) >= 11 is 6.38. The SMILES string of the molecule is Cc1nn(-c2ccccc2)c(Cl)c1C(=O)NCCCN1CCCC1=O. The predicted octanol–water partition coefficient (Wildman–Crippen LogP) is 2.58. The third kappa shape index (κ3) is 3.85. The first-order valence-electron chi connectivity index (χ1n) is 8.44. The van der Waals surface area contributed by atoms with Crippen LogP contribution in [0.1, 0.15) is 35.3 Å². The van der Waals surface area contributed by atoms with E-state index in [1.807, 2.05) is 35.2 Å². The van der Waals surface area contributed by atoms with Crippen molar-refractivity contribution in [3.05, 3.63) is 46.7 Å². The summed E-state index contributed by atoms with van der Waals surface area (Å²) in [4.78, 5) is 25.9. The first kappa shape index (κ1) is 17.5. The zero-order chi connectivity index (χ0) is 17.8. The predicted molar refractivity (Wildman–Crippen MR) is 96.1 cm³/mol. The van der Waals surface area contributed by atoms with Crippen molar-refractivity contribution in [3.63, 3.8) is 0 Å². The van der Waals surface area contributed by atoms with Gasteiger partial charge in [0, 0.05) is 26.1 Å². The van der Waals surface area contributed by atoms with Crippen LogP contribution in [0, 0.1) is 6.92 Å². The number of carbonyl (C=O) groups excluding carboxylic acids is 2. The lowest BCUT2D eigenvalue weighted by Crippen LogP contribution is -2.30. The molecule has 0 aliphatic carbocycles.